The molecule has 1 aromatic heterocycles. The van der Waals surface area contributed by atoms with Gasteiger partial charge in [-0.15, -0.1) is 0 Å². The molecular formula is C30H39IN4O3. The van der Waals surface area contributed by atoms with Crippen molar-refractivity contribution in [2.45, 2.75) is 38.6 Å². The zero-order valence-electron chi connectivity index (χ0n) is 22.4. The average Bonchev–Trinajstić information content (AvgIpc) is 2.94. The zero-order valence-corrected chi connectivity index (χ0v) is 24.6. The summed E-state index contributed by atoms with van der Waals surface area (Å²) in [5.74, 6) is 2.20. The van der Waals surface area contributed by atoms with E-state index in [4.69, 9.17) is 4.74 Å². The van der Waals surface area contributed by atoms with Gasteiger partial charge < -0.3 is 25.0 Å². The number of rotatable bonds is 16. The van der Waals surface area contributed by atoms with Gasteiger partial charge in [0.2, 0.25) is 5.91 Å². The molecule has 1 amide bonds. The van der Waals surface area contributed by atoms with E-state index in [0.29, 0.717) is 19.4 Å². The zero-order chi connectivity index (χ0) is 27.2. The van der Waals surface area contributed by atoms with Crippen LogP contribution in [0.25, 0.3) is 0 Å². The number of anilines is 1. The number of unbranched alkanes of at least 4 members (excludes halogenated alkanes) is 2. The minimum absolute atomic E-state index is 0.0803. The quantitative estimate of drug-likeness (QED) is 0.167. The summed E-state index contributed by atoms with van der Waals surface area (Å²) in [6, 6.07) is 19.7. The van der Waals surface area contributed by atoms with Gasteiger partial charge in [-0.1, -0.05) is 30.7 Å². The molecule has 0 saturated carbocycles. The molecule has 0 atom stereocenters. The molecule has 0 saturated heterocycles. The van der Waals surface area contributed by atoms with E-state index in [0.717, 1.165) is 66.1 Å². The molecule has 38 heavy (non-hydrogen) atoms. The van der Waals surface area contributed by atoms with E-state index in [9.17, 15) is 9.90 Å². The summed E-state index contributed by atoms with van der Waals surface area (Å²) < 4.78 is 6.10. The Kier molecular flexibility index (Phi) is 12.7. The first-order valence-corrected chi connectivity index (χ1v) is 14.2. The molecule has 3 rings (SSSR count). The van der Waals surface area contributed by atoms with Gasteiger partial charge in [-0.25, -0.2) is 4.98 Å². The van der Waals surface area contributed by atoms with Crippen LogP contribution < -0.4 is 15.0 Å². The molecule has 8 heteroatoms. The lowest BCUT2D eigenvalue weighted by molar-refractivity contribution is -0.121. The third-order valence-electron chi connectivity index (χ3n) is 6.45. The molecule has 1 heterocycles. The highest BCUT2D eigenvalue weighted by Gasteiger charge is 2.11. The number of aromatic nitrogens is 1. The van der Waals surface area contributed by atoms with Gasteiger partial charge in [0.25, 0.3) is 0 Å². The summed E-state index contributed by atoms with van der Waals surface area (Å²) >= 11 is 2.10. The van der Waals surface area contributed by atoms with Gasteiger partial charge in [0, 0.05) is 38.8 Å². The lowest BCUT2D eigenvalue weighted by Crippen LogP contribution is -2.34. The number of ether oxygens (including phenoxy) is 1. The predicted octanol–water partition coefficient (Wildman–Crippen LogP) is 5.26. The number of hydrogen-bond donors (Lipinski definition) is 2. The normalized spacial score (nSPS) is 10.9. The fourth-order valence-electron chi connectivity index (χ4n) is 4.13. The van der Waals surface area contributed by atoms with Crippen LogP contribution in [0, 0.1) is 3.57 Å². The number of pyridine rings is 1. The first kappa shape index (κ1) is 29.7. The van der Waals surface area contributed by atoms with Crippen LogP contribution in [-0.2, 0) is 17.8 Å². The van der Waals surface area contributed by atoms with Crippen LogP contribution >= 0.6 is 22.6 Å². The fraction of sp³-hybridized carbons (Fsp3) is 0.400. The number of benzene rings is 2. The predicted molar refractivity (Wildman–Crippen MR) is 162 cm³/mol. The second-order valence-electron chi connectivity index (χ2n) is 9.46. The number of carbonyl (C=O) groups excluding carboxylic acids is 1. The van der Waals surface area contributed by atoms with Crippen molar-refractivity contribution in [3.05, 3.63) is 81.6 Å². The number of carbonyl (C=O) groups is 1. The molecule has 0 spiro atoms. The summed E-state index contributed by atoms with van der Waals surface area (Å²) in [7, 11) is 3.85. The number of halogens is 1. The summed E-state index contributed by atoms with van der Waals surface area (Å²) in [6.45, 7) is 4.35. The number of nitrogens with one attached hydrogen (secondary N) is 1. The maximum absolute atomic E-state index is 12.2. The molecule has 0 bridgehead atoms. The van der Waals surface area contributed by atoms with E-state index in [2.05, 4.69) is 67.9 Å². The second-order valence-corrected chi connectivity index (χ2v) is 10.6. The van der Waals surface area contributed by atoms with E-state index in [1.54, 1.807) is 13.2 Å². The summed E-state index contributed by atoms with van der Waals surface area (Å²) in [6.07, 6.45) is 6.14. The van der Waals surface area contributed by atoms with Crippen molar-refractivity contribution in [1.82, 2.24) is 15.2 Å². The first-order chi connectivity index (χ1) is 18.4. The van der Waals surface area contributed by atoms with Crippen molar-refractivity contribution in [2.75, 3.05) is 45.2 Å². The van der Waals surface area contributed by atoms with Gasteiger partial charge in [-0.3, -0.25) is 4.79 Å². The minimum Gasteiger partial charge on any atom is -0.507 e. The summed E-state index contributed by atoms with van der Waals surface area (Å²) in [5.41, 5.74) is 2.29. The van der Waals surface area contributed by atoms with Crippen LogP contribution in [0.5, 0.6) is 11.5 Å². The minimum atomic E-state index is 0.0803. The van der Waals surface area contributed by atoms with Crippen LogP contribution in [0.3, 0.4) is 0 Å². The number of nitrogens with zero attached hydrogens (tertiary/aromatic N) is 3. The molecule has 2 aromatic carbocycles. The number of likely N-dealkylation sites (N-methyl/N-ethyl adjacent to an activating group) is 1. The van der Waals surface area contributed by atoms with E-state index in [1.807, 2.05) is 42.6 Å². The van der Waals surface area contributed by atoms with E-state index < -0.39 is 0 Å². The standard InChI is InChI=1S/C30H39IN4O3/c1-34(19-7-3-5-18-33-30(37)16-12-24-11-15-28(36)27(31)22-24)20-21-35(29-8-4-6-17-32-29)23-25-9-13-26(38-2)14-10-25/h4,6,8-11,13-15,17,22,36H,3,5,7,12,16,18-21,23H2,1-2H3,(H,33,37)/i31-2. The summed E-state index contributed by atoms with van der Waals surface area (Å²) in [4.78, 5) is 21.4. The fourth-order valence-corrected chi connectivity index (χ4v) is 4.71. The molecule has 0 aliphatic heterocycles. The van der Waals surface area contributed by atoms with Crippen molar-refractivity contribution in [3.8, 4) is 11.5 Å². The van der Waals surface area contributed by atoms with Crippen molar-refractivity contribution in [1.29, 1.82) is 0 Å². The van der Waals surface area contributed by atoms with Crippen LogP contribution in [0.4, 0.5) is 5.82 Å². The molecule has 204 valence electrons. The van der Waals surface area contributed by atoms with Crippen molar-refractivity contribution in [2.24, 2.45) is 0 Å². The lowest BCUT2D eigenvalue weighted by atomic mass is 10.1. The van der Waals surface area contributed by atoms with Gasteiger partial charge in [0.1, 0.15) is 17.3 Å². The maximum atomic E-state index is 12.2. The number of hydrogen-bond acceptors (Lipinski definition) is 6. The molecule has 0 fully saturated rings. The Morgan fingerprint density at radius 3 is 2.50 bits per heavy atom. The van der Waals surface area contributed by atoms with E-state index >= 15 is 0 Å². The lowest BCUT2D eigenvalue weighted by Gasteiger charge is -2.27. The Bertz CT molecular complexity index is 1110. The van der Waals surface area contributed by atoms with Gasteiger partial charge >= 0.3 is 0 Å². The molecule has 0 unspecified atom stereocenters. The topological polar surface area (TPSA) is 77.9 Å². The molecule has 0 radical (unpaired) electrons. The van der Waals surface area contributed by atoms with Gasteiger partial charge in [0.05, 0.1) is 10.7 Å². The Hall–Kier alpha value is -2.85. The van der Waals surface area contributed by atoms with Gasteiger partial charge in [-0.2, -0.15) is 0 Å². The van der Waals surface area contributed by atoms with E-state index in [1.165, 1.54) is 5.56 Å². The number of phenolic OH excluding ortho intramolecular Hbond substituents is 1. The van der Waals surface area contributed by atoms with Crippen molar-refractivity contribution < 1.29 is 14.6 Å². The number of aryl methyl sites for hydroxylation is 1. The number of methoxy groups -OCH3 is 1. The van der Waals surface area contributed by atoms with Gasteiger partial charge in [-0.05, 0) is 103 Å². The molecule has 0 aliphatic rings. The van der Waals surface area contributed by atoms with Crippen LogP contribution in [0.2, 0.25) is 0 Å². The van der Waals surface area contributed by atoms with Crippen LogP contribution in [0.1, 0.15) is 36.8 Å². The second kappa shape index (κ2) is 16.2. The third-order valence-corrected chi connectivity index (χ3v) is 7.31. The molecule has 2 N–H and O–H groups in total. The average molecular weight is 629 g/mol. The Morgan fingerprint density at radius 1 is 1.00 bits per heavy atom. The molecule has 7 nitrogen and oxygen atoms in total. The number of amides is 1. The number of phenols is 1. The maximum Gasteiger partial charge on any atom is 0.220 e. The van der Waals surface area contributed by atoms with Crippen molar-refractivity contribution in [3.63, 3.8) is 0 Å². The van der Waals surface area contributed by atoms with Crippen LogP contribution in [0.15, 0.2) is 66.9 Å². The van der Waals surface area contributed by atoms with E-state index in [-0.39, 0.29) is 11.7 Å². The highest BCUT2D eigenvalue weighted by atomic mass is 125. The van der Waals surface area contributed by atoms with Crippen LogP contribution in [-0.4, -0.2) is 61.2 Å². The monoisotopic (exact) mass is 628 g/mol. The Morgan fingerprint density at radius 2 is 1.79 bits per heavy atom. The molecular weight excluding hydrogens is 589 g/mol. The SMILES string of the molecule is COc1ccc(CN(CCN(C)CCCCCNC(=O)CCc2ccc(O)c([125I])c2)c2ccccn2)cc1. The third kappa shape index (κ3) is 10.5. The molecule has 3 aromatic rings. The Balaban J connectivity index is 1.32. The first-order valence-electron chi connectivity index (χ1n) is 13.2. The molecule has 0 aliphatic carbocycles. The summed E-state index contributed by atoms with van der Waals surface area (Å²) in [5, 5.41) is 12.6. The Labute approximate surface area is 240 Å². The smallest absolute Gasteiger partial charge is 0.220 e. The number of aromatic hydroxyl groups is 1. The highest BCUT2D eigenvalue weighted by molar-refractivity contribution is 14.1. The van der Waals surface area contributed by atoms with Crippen molar-refractivity contribution >= 4 is 34.3 Å². The largest absolute Gasteiger partial charge is 0.507 e. The van der Waals surface area contributed by atoms with Gasteiger partial charge in [0.15, 0.2) is 0 Å². The highest BCUT2D eigenvalue weighted by Crippen LogP contribution is 2.21.